The number of anilines is 1. The Labute approximate surface area is 138 Å². The summed E-state index contributed by atoms with van der Waals surface area (Å²) < 4.78 is 5.85. The normalized spacial score (nSPS) is 21.5. The Balaban J connectivity index is 1.93. The van der Waals surface area contributed by atoms with Gasteiger partial charge in [-0.1, -0.05) is 29.8 Å². The van der Waals surface area contributed by atoms with Crippen molar-refractivity contribution < 1.29 is 14.3 Å². The van der Waals surface area contributed by atoms with Gasteiger partial charge in [-0.25, -0.2) is 4.79 Å². The molecule has 2 atom stereocenters. The first-order valence-electron chi connectivity index (χ1n) is 7.36. The average Bonchev–Trinajstić information content (AvgIpc) is 2.45. The van der Waals surface area contributed by atoms with Crippen LogP contribution in [0, 0.1) is 11.8 Å². The van der Waals surface area contributed by atoms with Crippen LogP contribution in [-0.2, 0) is 9.53 Å². The molecule has 0 spiro atoms. The molecule has 1 aliphatic rings. The van der Waals surface area contributed by atoms with E-state index in [-0.39, 0.29) is 18.1 Å². The molecule has 0 saturated carbocycles. The summed E-state index contributed by atoms with van der Waals surface area (Å²) >= 11 is 3.28. The minimum Gasteiger partial charge on any atom is -0.452 e. The molecule has 1 heterocycles. The minimum absolute atomic E-state index is 0.152. The van der Waals surface area contributed by atoms with Gasteiger partial charge in [-0.05, 0) is 36.5 Å². The van der Waals surface area contributed by atoms with Crippen molar-refractivity contribution >= 4 is 33.5 Å². The number of rotatable bonds is 3. The number of piperidine rings is 1. The number of halogens is 1. The molecule has 0 bridgehead atoms. The van der Waals surface area contributed by atoms with Crippen LogP contribution in [0.4, 0.5) is 5.69 Å². The van der Waals surface area contributed by atoms with Crippen molar-refractivity contribution in [2.45, 2.75) is 20.3 Å². The first-order valence-corrected chi connectivity index (χ1v) is 8.16. The molecular weight excluding hydrogens is 348 g/mol. The lowest BCUT2D eigenvalue weighted by atomic mass is 9.92. The van der Waals surface area contributed by atoms with E-state index in [1.165, 1.54) is 0 Å². The Morgan fingerprint density at radius 1 is 1.32 bits per heavy atom. The zero-order valence-electron chi connectivity index (χ0n) is 12.8. The molecule has 22 heavy (non-hydrogen) atoms. The highest BCUT2D eigenvalue weighted by molar-refractivity contribution is 9.10. The van der Waals surface area contributed by atoms with Crippen LogP contribution in [0.1, 0.15) is 30.6 Å². The van der Waals surface area contributed by atoms with E-state index in [1.807, 2.05) is 0 Å². The molecule has 0 aliphatic carbocycles. The highest BCUT2D eigenvalue weighted by Crippen LogP contribution is 2.22. The third-order valence-electron chi connectivity index (χ3n) is 3.78. The van der Waals surface area contributed by atoms with Crippen LogP contribution in [0.5, 0.6) is 0 Å². The molecule has 1 aromatic rings. The summed E-state index contributed by atoms with van der Waals surface area (Å²) in [6, 6.07) is 4.96. The number of hydrogen-bond donors (Lipinski definition) is 1. The fourth-order valence-electron chi connectivity index (χ4n) is 2.87. The number of nitrogen functional groups attached to an aromatic ring is 1. The molecule has 2 rings (SSSR count). The molecule has 0 radical (unpaired) electrons. The molecule has 1 aliphatic heterocycles. The quantitative estimate of drug-likeness (QED) is 0.657. The monoisotopic (exact) mass is 368 g/mol. The second-order valence-corrected chi connectivity index (χ2v) is 6.97. The van der Waals surface area contributed by atoms with E-state index in [0.717, 1.165) is 24.0 Å². The molecule has 2 N–H and O–H groups in total. The number of nitrogens with two attached hydrogens (primary N) is 1. The van der Waals surface area contributed by atoms with E-state index in [0.29, 0.717) is 17.5 Å². The van der Waals surface area contributed by atoms with E-state index in [4.69, 9.17) is 10.5 Å². The van der Waals surface area contributed by atoms with Gasteiger partial charge in [0.15, 0.2) is 6.61 Å². The van der Waals surface area contributed by atoms with Crippen LogP contribution >= 0.6 is 15.9 Å². The smallest absolute Gasteiger partial charge is 0.340 e. The second kappa shape index (κ2) is 7.13. The first-order chi connectivity index (χ1) is 10.4. The van der Waals surface area contributed by atoms with Crippen LogP contribution in [0.15, 0.2) is 22.7 Å². The predicted molar refractivity (Wildman–Crippen MR) is 88.4 cm³/mol. The van der Waals surface area contributed by atoms with Crippen molar-refractivity contribution in [2.24, 2.45) is 11.8 Å². The number of benzene rings is 1. The Kier molecular flexibility index (Phi) is 5.45. The lowest BCUT2D eigenvalue weighted by molar-refractivity contribution is -0.137. The molecule has 0 unspecified atom stereocenters. The average molecular weight is 369 g/mol. The maximum Gasteiger partial charge on any atom is 0.340 e. The van der Waals surface area contributed by atoms with E-state index < -0.39 is 5.97 Å². The first kappa shape index (κ1) is 16.8. The van der Waals surface area contributed by atoms with Crippen molar-refractivity contribution in [3.63, 3.8) is 0 Å². The Hall–Kier alpha value is -1.56. The van der Waals surface area contributed by atoms with E-state index in [1.54, 1.807) is 23.1 Å². The van der Waals surface area contributed by atoms with Gasteiger partial charge in [-0.3, -0.25) is 4.79 Å². The Morgan fingerprint density at radius 3 is 2.59 bits per heavy atom. The topological polar surface area (TPSA) is 72.6 Å². The van der Waals surface area contributed by atoms with Crippen LogP contribution in [0.3, 0.4) is 0 Å². The molecule has 1 saturated heterocycles. The maximum atomic E-state index is 12.2. The number of esters is 1. The third-order valence-corrected chi connectivity index (χ3v) is 4.28. The van der Waals surface area contributed by atoms with Gasteiger partial charge < -0.3 is 15.4 Å². The van der Waals surface area contributed by atoms with Gasteiger partial charge in [0, 0.05) is 23.2 Å². The lowest BCUT2D eigenvalue weighted by Gasteiger charge is -2.34. The SMILES string of the molecule is C[C@@H]1C[C@H](C)CN(C(=O)COC(=O)c2cc(Br)ccc2N)C1. The highest BCUT2D eigenvalue weighted by Gasteiger charge is 2.26. The fraction of sp³-hybridized carbons (Fsp3) is 0.500. The van der Waals surface area contributed by atoms with Gasteiger partial charge >= 0.3 is 5.97 Å². The van der Waals surface area contributed by atoms with Crippen LogP contribution in [0.2, 0.25) is 0 Å². The standard InChI is InChI=1S/C16H21BrN2O3/c1-10-5-11(2)8-19(7-10)15(20)9-22-16(21)13-6-12(17)3-4-14(13)18/h3-4,6,10-11H,5,7-9,18H2,1-2H3/t10-,11+. The minimum atomic E-state index is -0.578. The number of hydrogen-bond acceptors (Lipinski definition) is 4. The summed E-state index contributed by atoms with van der Waals surface area (Å²) in [4.78, 5) is 26.0. The third kappa shape index (κ3) is 4.22. The van der Waals surface area contributed by atoms with Crippen molar-refractivity contribution in [3.05, 3.63) is 28.2 Å². The van der Waals surface area contributed by atoms with Crippen LogP contribution in [0.25, 0.3) is 0 Å². The van der Waals surface area contributed by atoms with Crippen molar-refractivity contribution in [1.82, 2.24) is 4.90 Å². The maximum absolute atomic E-state index is 12.2. The van der Waals surface area contributed by atoms with E-state index in [9.17, 15) is 9.59 Å². The van der Waals surface area contributed by atoms with Crippen LogP contribution < -0.4 is 5.73 Å². The zero-order valence-corrected chi connectivity index (χ0v) is 14.4. The summed E-state index contributed by atoms with van der Waals surface area (Å²) in [5, 5.41) is 0. The lowest BCUT2D eigenvalue weighted by Crippen LogP contribution is -2.44. The summed E-state index contributed by atoms with van der Waals surface area (Å²) in [5.74, 6) is 0.221. The molecular formula is C16H21BrN2O3. The number of likely N-dealkylation sites (tertiary alicyclic amines) is 1. The number of carbonyl (C=O) groups excluding carboxylic acids is 2. The van der Waals surface area contributed by atoms with Gasteiger partial charge in [0.25, 0.3) is 5.91 Å². The summed E-state index contributed by atoms with van der Waals surface area (Å²) in [6.07, 6.45) is 1.12. The molecule has 0 aromatic heterocycles. The fourth-order valence-corrected chi connectivity index (χ4v) is 3.23. The van der Waals surface area contributed by atoms with Crippen molar-refractivity contribution in [2.75, 3.05) is 25.4 Å². The number of ether oxygens (including phenoxy) is 1. The molecule has 5 nitrogen and oxygen atoms in total. The summed E-state index contributed by atoms with van der Waals surface area (Å²) in [5.41, 5.74) is 6.36. The van der Waals surface area contributed by atoms with Crippen LogP contribution in [-0.4, -0.2) is 36.5 Å². The molecule has 120 valence electrons. The Bertz CT molecular complexity index is 567. The number of carbonyl (C=O) groups is 2. The molecule has 1 fully saturated rings. The Morgan fingerprint density at radius 2 is 1.95 bits per heavy atom. The van der Waals surface area contributed by atoms with Crippen molar-refractivity contribution in [1.29, 1.82) is 0 Å². The summed E-state index contributed by atoms with van der Waals surface area (Å²) in [6.45, 7) is 5.46. The molecule has 1 amide bonds. The summed E-state index contributed by atoms with van der Waals surface area (Å²) in [7, 11) is 0. The largest absolute Gasteiger partial charge is 0.452 e. The molecule has 1 aromatic carbocycles. The molecule has 6 heteroatoms. The van der Waals surface area contributed by atoms with Gasteiger partial charge in [-0.2, -0.15) is 0 Å². The van der Waals surface area contributed by atoms with Gasteiger partial charge in [0.1, 0.15) is 0 Å². The second-order valence-electron chi connectivity index (χ2n) is 6.05. The predicted octanol–water partition coefficient (Wildman–Crippen LogP) is 2.69. The van der Waals surface area contributed by atoms with Gasteiger partial charge in [0.05, 0.1) is 5.56 Å². The zero-order chi connectivity index (χ0) is 16.3. The van der Waals surface area contributed by atoms with Gasteiger partial charge in [-0.15, -0.1) is 0 Å². The number of amides is 1. The van der Waals surface area contributed by atoms with Crippen molar-refractivity contribution in [3.8, 4) is 0 Å². The van der Waals surface area contributed by atoms with E-state index >= 15 is 0 Å². The van der Waals surface area contributed by atoms with E-state index in [2.05, 4.69) is 29.8 Å². The van der Waals surface area contributed by atoms with Gasteiger partial charge in [0.2, 0.25) is 0 Å². The highest BCUT2D eigenvalue weighted by atomic mass is 79.9. The number of nitrogens with zero attached hydrogens (tertiary/aromatic N) is 1.